The lowest BCUT2D eigenvalue weighted by molar-refractivity contribution is -0.279. The second kappa shape index (κ2) is 9.32. The van der Waals surface area contributed by atoms with Crippen LogP contribution in [0.25, 0.3) is 0 Å². The van der Waals surface area contributed by atoms with E-state index in [-0.39, 0.29) is 53.9 Å². The van der Waals surface area contributed by atoms with Crippen molar-refractivity contribution in [3.63, 3.8) is 0 Å². The molecule has 0 radical (unpaired) electrons. The van der Waals surface area contributed by atoms with E-state index in [9.17, 15) is 29.7 Å². The summed E-state index contributed by atoms with van der Waals surface area (Å²) in [6, 6.07) is 0. The van der Waals surface area contributed by atoms with Crippen LogP contribution in [0.2, 0.25) is 0 Å². The van der Waals surface area contributed by atoms with E-state index in [0.717, 1.165) is 18.4 Å². The van der Waals surface area contributed by atoms with Crippen LogP contribution in [-0.4, -0.2) is 62.4 Å². The number of esters is 1. The summed E-state index contributed by atoms with van der Waals surface area (Å²) in [6.45, 7) is 6.31. The quantitative estimate of drug-likeness (QED) is 0.337. The molecule has 5 rings (SSSR count). The Morgan fingerprint density at radius 2 is 1.97 bits per heavy atom. The molecule has 1 saturated heterocycles. The largest absolute Gasteiger partial charge is 0.465 e. The molecule has 1 aliphatic heterocycles. The summed E-state index contributed by atoms with van der Waals surface area (Å²) in [7, 11) is 0. The zero-order chi connectivity index (χ0) is 26.8. The monoisotopic (exact) mass is 532 g/mol. The van der Waals surface area contributed by atoms with Crippen molar-refractivity contribution < 1.29 is 34.4 Å². The van der Waals surface area contributed by atoms with Crippen molar-refractivity contribution in [3.8, 4) is 0 Å². The van der Waals surface area contributed by atoms with Crippen LogP contribution in [0.15, 0.2) is 23.8 Å². The van der Waals surface area contributed by atoms with Crippen molar-refractivity contribution in [3.05, 3.63) is 23.8 Å². The molecule has 1 heterocycles. The zero-order valence-corrected chi connectivity index (χ0v) is 22.9. The van der Waals surface area contributed by atoms with Gasteiger partial charge < -0.3 is 20.1 Å². The lowest BCUT2D eigenvalue weighted by Gasteiger charge is -2.62. The minimum absolute atomic E-state index is 0.00824. The van der Waals surface area contributed by atoms with E-state index in [4.69, 9.17) is 4.74 Å². The molecule has 0 aromatic rings. The van der Waals surface area contributed by atoms with E-state index in [2.05, 4.69) is 6.92 Å². The van der Waals surface area contributed by atoms with E-state index < -0.39 is 33.4 Å². The lowest BCUT2D eigenvalue weighted by atomic mass is 9.43. The standard InChI is InChI=1S/C29H40O7S/c1-4-10-29(34,35)28(23(32)16-37-22-9-13-36-25(22)33)12-8-20-19-6-5-17-14-18(30)7-11-26(17,2)24(19)21(31)15-27(20,28)3/h7,11,14,19-22,24,31,34-35H,4-6,8-10,12-13,15-16H2,1-3H3/t19-,20-,21?,22?,24+,26-,27-,28-/m0/s1. The molecule has 5 aliphatic rings. The summed E-state index contributed by atoms with van der Waals surface area (Å²) < 4.78 is 5.06. The van der Waals surface area contributed by atoms with E-state index in [1.165, 1.54) is 11.8 Å². The fraction of sp³-hybridized carbons (Fsp3) is 0.759. The molecular weight excluding hydrogens is 492 g/mol. The van der Waals surface area contributed by atoms with Gasteiger partial charge in [-0.2, -0.15) is 0 Å². The highest BCUT2D eigenvalue weighted by Gasteiger charge is 2.73. The lowest BCUT2D eigenvalue weighted by Crippen LogP contribution is -2.65. The number of cyclic esters (lactones) is 1. The molecule has 4 fully saturated rings. The van der Waals surface area contributed by atoms with E-state index in [1.807, 2.05) is 19.9 Å². The third kappa shape index (κ3) is 3.84. The van der Waals surface area contributed by atoms with Gasteiger partial charge in [-0.1, -0.05) is 38.8 Å². The molecule has 37 heavy (non-hydrogen) atoms. The maximum Gasteiger partial charge on any atom is 0.319 e. The Balaban J connectivity index is 1.51. The molecule has 3 saturated carbocycles. The van der Waals surface area contributed by atoms with Gasteiger partial charge in [-0.25, -0.2) is 0 Å². The summed E-state index contributed by atoms with van der Waals surface area (Å²) in [5.74, 6) is -2.74. The van der Waals surface area contributed by atoms with Crippen LogP contribution in [0.3, 0.4) is 0 Å². The van der Waals surface area contributed by atoms with Gasteiger partial charge in [0.1, 0.15) is 5.25 Å². The Hall–Kier alpha value is -1.48. The number of carbonyl (C=O) groups excluding carboxylic acids is 3. The van der Waals surface area contributed by atoms with Crippen LogP contribution >= 0.6 is 11.8 Å². The van der Waals surface area contributed by atoms with Crippen LogP contribution in [0.4, 0.5) is 0 Å². The Kier molecular flexibility index (Phi) is 6.82. The number of rotatable bonds is 7. The minimum Gasteiger partial charge on any atom is -0.465 e. The van der Waals surface area contributed by atoms with Crippen LogP contribution < -0.4 is 0 Å². The molecule has 0 aromatic carbocycles. The number of aliphatic hydroxyl groups is 3. The Labute approximate surface area is 223 Å². The van der Waals surface area contributed by atoms with Gasteiger partial charge >= 0.3 is 5.97 Å². The highest BCUT2D eigenvalue weighted by Crippen LogP contribution is 2.72. The predicted octanol–water partition coefficient (Wildman–Crippen LogP) is 3.35. The molecule has 204 valence electrons. The molecule has 8 heteroatoms. The van der Waals surface area contributed by atoms with Crippen molar-refractivity contribution >= 4 is 29.3 Å². The van der Waals surface area contributed by atoms with Crippen LogP contribution in [0.1, 0.15) is 72.1 Å². The molecular formula is C29H40O7S. The molecule has 7 nitrogen and oxygen atoms in total. The zero-order valence-electron chi connectivity index (χ0n) is 22.1. The molecule has 0 bridgehead atoms. The molecule has 2 unspecified atom stereocenters. The smallest absolute Gasteiger partial charge is 0.319 e. The number of allylic oxidation sites excluding steroid dienone is 4. The van der Waals surface area contributed by atoms with Crippen LogP contribution in [-0.2, 0) is 19.1 Å². The first-order valence-electron chi connectivity index (χ1n) is 13.8. The molecule has 0 spiro atoms. The average Bonchev–Trinajstić information content (AvgIpc) is 3.38. The molecule has 0 aromatic heterocycles. The van der Waals surface area contributed by atoms with E-state index >= 15 is 0 Å². The van der Waals surface area contributed by atoms with Crippen molar-refractivity contribution in [2.45, 2.75) is 89.3 Å². The predicted molar refractivity (Wildman–Crippen MR) is 139 cm³/mol. The van der Waals surface area contributed by atoms with Crippen LogP contribution in [0.5, 0.6) is 0 Å². The number of aliphatic hydroxyl groups excluding tert-OH is 1. The first-order chi connectivity index (χ1) is 17.4. The Bertz CT molecular complexity index is 1050. The number of hydrogen-bond donors (Lipinski definition) is 3. The fourth-order valence-electron chi connectivity index (χ4n) is 9.18. The van der Waals surface area contributed by atoms with Crippen molar-refractivity contribution in [1.82, 2.24) is 0 Å². The summed E-state index contributed by atoms with van der Waals surface area (Å²) >= 11 is 1.24. The summed E-state index contributed by atoms with van der Waals surface area (Å²) in [5, 5.41) is 34.6. The summed E-state index contributed by atoms with van der Waals surface area (Å²) in [4.78, 5) is 38.3. The number of fused-ring (bicyclic) bond motifs is 5. The normalized spacial score (nSPS) is 43.1. The average molecular weight is 533 g/mol. The maximum absolute atomic E-state index is 14.2. The number of ketones is 2. The third-order valence-electron chi connectivity index (χ3n) is 10.8. The molecule has 8 atom stereocenters. The van der Waals surface area contributed by atoms with Gasteiger partial charge in [-0.3, -0.25) is 14.4 Å². The topological polar surface area (TPSA) is 121 Å². The summed E-state index contributed by atoms with van der Waals surface area (Å²) in [5.41, 5.74) is -1.61. The third-order valence-corrected chi connectivity index (χ3v) is 12.0. The Morgan fingerprint density at radius 1 is 1.22 bits per heavy atom. The first kappa shape index (κ1) is 27.1. The van der Waals surface area contributed by atoms with Gasteiger partial charge in [0.05, 0.1) is 23.9 Å². The highest BCUT2D eigenvalue weighted by molar-refractivity contribution is 8.01. The number of thioether (sulfide) groups is 1. The van der Waals surface area contributed by atoms with Crippen molar-refractivity contribution in [2.75, 3.05) is 12.4 Å². The molecule has 4 aliphatic carbocycles. The van der Waals surface area contributed by atoms with Crippen molar-refractivity contribution in [1.29, 1.82) is 0 Å². The van der Waals surface area contributed by atoms with Gasteiger partial charge in [0.25, 0.3) is 0 Å². The van der Waals surface area contributed by atoms with Gasteiger partial charge in [0.2, 0.25) is 0 Å². The van der Waals surface area contributed by atoms with Crippen LogP contribution in [0, 0.1) is 34.0 Å². The molecule has 3 N–H and O–H groups in total. The van der Waals surface area contributed by atoms with Gasteiger partial charge in [0, 0.05) is 24.2 Å². The maximum atomic E-state index is 14.2. The fourth-order valence-corrected chi connectivity index (χ4v) is 10.2. The minimum atomic E-state index is -2.22. The van der Waals surface area contributed by atoms with E-state index in [0.29, 0.717) is 32.3 Å². The number of hydrogen-bond acceptors (Lipinski definition) is 8. The number of carbonyl (C=O) groups is 3. The Morgan fingerprint density at radius 3 is 2.65 bits per heavy atom. The SMILES string of the molecule is CCCC(O)(O)[C@]1(C(=O)CSC2CCOC2=O)CC[C@H]2[C@@H]3CCC4=CC(=O)C=C[C@]4(C)[C@H]3C(O)C[C@@]21C. The highest BCUT2D eigenvalue weighted by atomic mass is 32.2. The summed E-state index contributed by atoms with van der Waals surface area (Å²) in [6.07, 6.45) is 8.52. The van der Waals surface area contributed by atoms with E-state index in [1.54, 1.807) is 12.2 Å². The second-order valence-electron chi connectivity index (χ2n) is 12.4. The van der Waals surface area contributed by atoms with Gasteiger partial charge in [-0.15, -0.1) is 11.8 Å². The number of Topliss-reactive ketones (excluding diaryl/α,β-unsaturated/α-hetero) is 1. The first-order valence-corrected chi connectivity index (χ1v) is 14.8. The number of ether oxygens (including phenoxy) is 1. The van der Waals surface area contributed by atoms with Crippen molar-refractivity contribution in [2.24, 2.45) is 34.0 Å². The molecule has 0 amide bonds. The second-order valence-corrected chi connectivity index (χ2v) is 13.6. The van der Waals surface area contributed by atoms with Gasteiger partial charge in [-0.05, 0) is 61.5 Å². The van der Waals surface area contributed by atoms with Gasteiger partial charge in [0.15, 0.2) is 17.4 Å².